The molecule has 1 heterocycles. The Morgan fingerprint density at radius 1 is 1.28 bits per heavy atom. The first-order valence-electron chi connectivity index (χ1n) is 9.53. The molecule has 2 N–H and O–H groups in total. The van der Waals surface area contributed by atoms with Crippen LogP contribution >= 0.6 is 0 Å². The summed E-state index contributed by atoms with van der Waals surface area (Å²) in [5.74, 6) is 0.336. The van der Waals surface area contributed by atoms with Gasteiger partial charge in [0.25, 0.3) is 5.69 Å². The van der Waals surface area contributed by atoms with E-state index in [9.17, 15) is 23.6 Å². The molecule has 0 saturated carbocycles. The fourth-order valence-corrected chi connectivity index (χ4v) is 5.24. The zero-order valence-electron chi connectivity index (χ0n) is 16.4. The van der Waals surface area contributed by atoms with Gasteiger partial charge in [-0.3, -0.25) is 10.1 Å². The molecule has 1 aliphatic rings. The van der Waals surface area contributed by atoms with Crippen molar-refractivity contribution in [2.24, 2.45) is 5.92 Å². The molecule has 156 valence electrons. The Bertz CT molecular complexity index is 1010. The number of nitro benzene ring substituents is 1. The number of phenols is 1. The molecule has 2 aromatic carbocycles. The number of sulfonamides is 1. The molecule has 0 spiro atoms. The van der Waals surface area contributed by atoms with Crippen LogP contribution in [0.5, 0.6) is 5.75 Å². The Hall–Kier alpha value is -2.65. The van der Waals surface area contributed by atoms with E-state index in [0.717, 1.165) is 18.9 Å². The molecule has 0 aliphatic carbocycles. The number of piperidine rings is 1. The highest BCUT2D eigenvalue weighted by molar-refractivity contribution is 7.89. The third-order valence-corrected chi connectivity index (χ3v) is 7.06. The van der Waals surface area contributed by atoms with Gasteiger partial charge in [0.15, 0.2) is 0 Å². The lowest BCUT2D eigenvalue weighted by molar-refractivity contribution is -0.384. The summed E-state index contributed by atoms with van der Waals surface area (Å²) in [5.41, 5.74) is 0.455. The molecule has 29 heavy (non-hydrogen) atoms. The van der Waals surface area contributed by atoms with E-state index in [1.165, 1.54) is 22.5 Å². The van der Waals surface area contributed by atoms with Crippen LogP contribution in [0.2, 0.25) is 0 Å². The number of para-hydroxylation sites is 1. The monoisotopic (exact) mass is 419 g/mol. The lowest BCUT2D eigenvalue weighted by Crippen LogP contribution is -2.39. The van der Waals surface area contributed by atoms with Gasteiger partial charge in [0.05, 0.1) is 15.9 Å². The molecule has 9 heteroatoms. The average Bonchev–Trinajstić information content (AvgIpc) is 2.68. The molecule has 2 aromatic rings. The standard InChI is InChI=1S/C20H25N3O5S/c1-14-6-5-11-22(13-14)29(27,28)16-9-10-18(19(12-16)23(25)26)21-15(2)17-7-3-4-8-20(17)24/h3-4,7-10,12,14-15,21,24H,5-6,11,13H2,1-2H3/t14-,15+/m1/s1. The number of nitrogens with zero attached hydrogens (tertiary/aromatic N) is 2. The highest BCUT2D eigenvalue weighted by Crippen LogP contribution is 2.34. The predicted molar refractivity (Wildman–Crippen MR) is 110 cm³/mol. The first-order valence-corrected chi connectivity index (χ1v) is 11.0. The van der Waals surface area contributed by atoms with E-state index in [2.05, 4.69) is 5.32 Å². The summed E-state index contributed by atoms with van der Waals surface area (Å²) in [6, 6.07) is 10.2. The van der Waals surface area contributed by atoms with Crippen LogP contribution in [0.3, 0.4) is 0 Å². The maximum atomic E-state index is 13.0. The van der Waals surface area contributed by atoms with Crippen LogP contribution in [-0.4, -0.2) is 35.8 Å². The van der Waals surface area contributed by atoms with E-state index in [1.54, 1.807) is 25.1 Å². The molecular formula is C20H25N3O5S. The highest BCUT2D eigenvalue weighted by Gasteiger charge is 2.30. The van der Waals surface area contributed by atoms with Gasteiger partial charge in [-0.05, 0) is 43.9 Å². The molecule has 0 unspecified atom stereocenters. The topological polar surface area (TPSA) is 113 Å². The van der Waals surface area contributed by atoms with Crippen LogP contribution in [0.15, 0.2) is 47.4 Å². The summed E-state index contributed by atoms with van der Waals surface area (Å²) >= 11 is 0. The zero-order valence-corrected chi connectivity index (χ0v) is 17.2. The van der Waals surface area contributed by atoms with Crippen LogP contribution < -0.4 is 5.32 Å². The minimum Gasteiger partial charge on any atom is -0.508 e. The lowest BCUT2D eigenvalue weighted by atomic mass is 10.0. The van der Waals surface area contributed by atoms with Crippen molar-refractivity contribution in [1.82, 2.24) is 4.31 Å². The van der Waals surface area contributed by atoms with Crippen molar-refractivity contribution in [3.8, 4) is 5.75 Å². The van der Waals surface area contributed by atoms with Gasteiger partial charge in [-0.1, -0.05) is 25.1 Å². The molecule has 2 atom stereocenters. The van der Waals surface area contributed by atoms with E-state index in [4.69, 9.17) is 0 Å². The van der Waals surface area contributed by atoms with Crippen LogP contribution in [0, 0.1) is 16.0 Å². The highest BCUT2D eigenvalue weighted by atomic mass is 32.2. The summed E-state index contributed by atoms with van der Waals surface area (Å²) in [5, 5.41) is 24.6. The minimum atomic E-state index is -3.79. The molecule has 0 bridgehead atoms. The van der Waals surface area contributed by atoms with Gasteiger partial charge in [-0.15, -0.1) is 0 Å². The van der Waals surface area contributed by atoms with Gasteiger partial charge in [0.2, 0.25) is 10.0 Å². The summed E-state index contributed by atoms with van der Waals surface area (Å²) in [6.07, 6.45) is 1.75. The van der Waals surface area contributed by atoms with Crippen LogP contribution in [0.1, 0.15) is 38.3 Å². The predicted octanol–water partition coefficient (Wildman–Crippen LogP) is 3.89. The number of hydrogen-bond donors (Lipinski definition) is 2. The van der Waals surface area contributed by atoms with Crippen LogP contribution in [0.4, 0.5) is 11.4 Å². The van der Waals surface area contributed by atoms with E-state index >= 15 is 0 Å². The molecule has 3 rings (SSSR count). The van der Waals surface area contributed by atoms with Gasteiger partial charge < -0.3 is 10.4 Å². The Labute approximate surface area is 170 Å². The number of nitrogens with one attached hydrogen (secondary N) is 1. The SMILES string of the molecule is C[C@@H]1CCCN(S(=O)(=O)c2ccc(N[C@@H](C)c3ccccc3O)c([N+](=O)[O-])c2)C1. The van der Waals surface area contributed by atoms with Gasteiger partial charge in [-0.2, -0.15) is 4.31 Å². The summed E-state index contributed by atoms with van der Waals surface area (Å²) in [7, 11) is -3.79. The Kier molecular flexibility index (Phi) is 6.09. The Balaban J connectivity index is 1.91. The fraction of sp³-hybridized carbons (Fsp3) is 0.400. The first-order chi connectivity index (χ1) is 13.7. The number of rotatable bonds is 6. The van der Waals surface area contributed by atoms with Gasteiger partial charge >= 0.3 is 0 Å². The zero-order chi connectivity index (χ0) is 21.2. The third kappa shape index (κ3) is 4.51. The normalized spacial score (nSPS) is 18.9. The maximum absolute atomic E-state index is 13.0. The molecule has 1 aliphatic heterocycles. The molecule has 1 saturated heterocycles. The van der Waals surface area contributed by atoms with Crippen molar-refractivity contribution in [3.63, 3.8) is 0 Å². The fourth-order valence-electron chi connectivity index (χ4n) is 3.62. The maximum Gasteiger partial charge on any atom is 0.293 e. The number of anilines is 1. The van der Waals surface area contributed by atoms with Crippen molar-refractivity contribution >= 4 is 21.4 Å². The largest absolute Gasteiger partial charge is 0.508 e. The molecule has 0 amide bonds. The average molecular weight is 420 g/mol. The van der Waals surface area contributed by atoms with E-state index < -0.39 is 21.0 Å². The van der Waals surface area contributed by atoms with Gasteiger partial charge in [0, 0.05) is 24.7 Å². The van der Waals surface area contributed by atoms with Crippen molar-refractivity contribution in [3.05, 3.63) is 58.1 Å². The number of nitro groups is 1. The molecule has 0 radical (unpaired) electrons. The van der Waals surface area contributed by atoms with E-state index in [-0.39, 0.29) is 27.9 Å². The molecule has 0 aromatic heterocycles. The summed E-state index contributed by atoms with van der Waals surface area (Å²) in [4.78, 5) is 10.9. The number of aromatic hydroxyl groups is 1. The lowest BCUT2D eigenvalue weighted by Gasteiger charge is -2.30. The van der Waals surface area contributed by atoms with E-state index in [1.807, 2.05) is 6.92 Å². The second-order valence-corrected chi connectivity index (χ2v) is 9.41. The Morgan fingerprint density at radius 3 is 2.66 bits per heavy atom. The number of hydrogen-bond acceptors (Lipinski definition) is 6. The molecule has 8 nitrogen and oxygen atoms in total. The second kappa shape index (κ2) is 8.38. The third-order valence-electron chi connectivity index (χ3n) is 5.20. The Morgan fingerprint density at radius 2 is 2.00 bits per heavy atom. The van der Waals surface area contributed by atoms with Crippen molar-refractivity contribution in [1.29, 1.82) is 0 Å². The second-order valence-electron chi connectivity index (χ2n) is 7.47. The van der Waals surface area contributed by atoms with Gasteiger partial charge in [-0.25, -0.2) is 8.42 Å². The van der Waals surface area contributed by atoms with Gasteiger partial charge in [0.1, 0.15) is 11.4 Å². The molecule has 1 fully saturated rings. The summed E-state index contributed by atoms with van der Waals surface area (Å²) in [6.45, 7) is 4.60. The van der Waals surface area contributed by atoms with E-state index in [0.29, 0.717) is 18.7 Å². The number of benzene rings is 2. The first kappa shape index (κ1) is 21.1. The quantitative estimate of drug-likeness (QED) is 0.542. The minimum absolute atomic E-state index is 0.0774. The van der Waals surface area contributed by atoms with Crippen molar-refractivity contribution in [2.75, 3.05) is 18.4 Å². The van der Waals surface area contributed by atoms with Crippen LogP contribution in [-0.2, 0) is 10.0 Å². The van der Waals surface area contributed by atoms with Crippen molar-refractivity contribution in [2.45, 2.75) is 37.6 Å². The van der Waals surface area contributed by atoms with Crippen molar-refractivity contribution < 1.29 is 18.4 Å². The number of phenolic OH excluding ortho intramolecular Hbond substituents is 1. The molecular weight excluding hydrogens is 394 g/mol. The van der Waals surface area contributed by atoms with Crippen LogP contribution in [0.25, 0.3) is 0 Å². The summed E-state index contributed by atoms with van der Waals surface area (Å²) < 4.78 is 27.3. The smallest absolute Gasteiger partial charge is 0.293 e.